The second-order valence-corrected chi connectivity index (χ2v) is 11.4. The SMILES string of the molecule is Cc1cc(Nc2nc(Sc3ccc(NC(=O)C4CC4)cc3)nc(N3CCN(CCN(C)C)CC3)c2C)n[nH]1. The molecule has 11 heteroatoms. The van der Waals surface area contributed by atoms with Crippen molar-refractivity contribution in [3.05, 3.63) is 41.6 Å². The number of aromatic amines is 1. The predicted molar refractivity (Wildman–Crippen MR) is 153 cm³/mol. The zero-order valence-electron chi connectivity index (χ0n) is 22.6. The molecule has 3 aromatic rings. The number of benzene rings is 1. The lowest BCUT2D eigenvalue weighted by Gasteiger charge is -2.36. The first-order valence-corrected chi connectivity index (χ1v) is 14.0. The van der Waals surface area contributed by atoms with Crippen molar-refractivity contribution in [1.29, 1.82) is 0 Å². The summed E-state index contributed by atoms with van der Waals surface area (Å²) < 4.78 is 0. The first kappa shape index (κ1) is 26.5. The van der Waals surface area contributed by atoms with Gasteiger partial charge in [0.2, 0.25) is 5.91 Å². The Kier molecular flexibility index (Phi) is 8.15. The van der Waals surface area contributed by atoms with Crippen LogP contribution in [0.3, 0.4) is 0 Å². The van der Waals surface area contributed by atoms with Crippen LogP contribution in [0.1, 0.15) is 24.1 Å². The van der Waals surface area contributed by atoms with Crippen LogP contribution in [0.25, 0.3) is 0 Å². The Morgan fingerprint density at radius 1 is 1.11 bits per heavy atom. The summed E-state index contributed by atoms with van der Waals surface area (Å²) in [6, 6.07) is 9.85. The van der Waals surface area contributed by atoms with Gasteiger partial charge in [-0.3, -0.25) is 14.8 Å². The number of likely N-dealkylation sites (N-methyl/N-ethyl adjacent to an activating group) is 1. The smallest absolute Gasteiger partial charge is 0.227 e. The number of rotatable bonds is 10. The highest BCUT2D eigenvalue weighted by molar-refractivity contribution is 7.99. The molecule has 38 heavy (non-hydrogen) atoms. The third-order valence-electron chi connectivity index (χ3n) is 6.87. The van der Waals surface area contributed by atoms with Crippen molar-refractivity contribution in [2.24, 2.45) is 5.92 Å². The molecule has 10 nitrogen and oxygen atoms in total. The predicted octanol–water partition coefficient (Wildman–Crippen LogP) is 3.74. The number of piperazine rings is 1. The largest absolute Gasteiger partial charge is 0.354 e. The third kappa shape index (κ3) is 6.83. The molecular weight excluding hydrogens is 498 g/mol. The maximum atomic E-state index is 12.1. The van der Waals surface area contributed by atoms with Crippen molar-refractivity contribution in [3.8, 4) is 0 Å². The molecule has 0 radical (unpaired) electrons. The van der Waals surface area contributed by atoms with Crippen molar-refractivity contribution in [2.45, 2.75) is 36.7 Å². The monoisotopic (exact) mass is 535 g/mol. The number of aryl methyl sites for hydroxylation is 1. The van der Waals surface area contributed by atoms with Crippen LogP contribution in [-0.2, 0) is 4.79 Å². The van der Waals surface area contributed by atoms with Gasteiger partial charge in [0.05, 0.1) is 0 Å². The van der Waals surface area contributed by atoms with E-state index in [1.807, 2.05) is 37.3 Å². The Hall–Kier alpha value is -3.15. The standard InChI is InChI=1S/C27H37N9OS/c1-18-17-23(33-32-18)29-24-19(2)25(36-15-13-35(14-16-36)12-11-34(3)4)31-27(30-24)38-22-9-7-21(8-10-22)28-26(37)20-5-6-20/h7-10,17,20H,5-6,11-16H2,1-4H3,(H,28,37)(H2,29,30,31,32,33). The van der Waals surface area contributed by atoms with Crippen LogP contribution in [0.5, 0.6) is 0 Å². The second-order valence-electron chi connectivity index (χ2n) is 10.4. The quantitative estimate of drug-likeness (QED) is 0.335. The van der Waals surface area contributed by atoms with Gasteiger partial charge >= 0.3 is 0 Å². The van der Waals surface area contributed by atoms with Gasteiger partial charge in [0, 0.05) is 73.1 Å². The van der Waals surface area contributed by atoms with E-state index < -0.39 is 0 Å². The summed E-state index contributed by atoms with van der Waals surface area (Å²) >= 11 is 1.52. The minimum atomic E-state index is 0.114. The first-order valence-electron chi connectivity index (χ1n) is 13.2. The van der Waals surface area contributed by atoms with E-state index in [9.17, 15) is 4.79 Å². The molecule has 5 rings (SSSR count). The molecule has 3 N–H and O–H groups in total. The molecule has 0 bridgehead atoms. The fourth-order valence-corrected chi connectivity index (χ4v) is 5.14. The molecule has 0 atom stereocenters. The lowest BCUT2D eigenvalue weighted by atomic mass is 10.2. The third-order valence-corrected chi connectivity index (χ3v) is 7.74. The van der Waals surface area contributed by atoms with Crippen LogP contribution in [0.15, 0.2) is 40.4 Å². The highest BCUT2D eigenvalue weighted by atomic mass is 32.2. The molecular formula is C27H37N9OS. The minimum absolute atomic E-state index is 0.114. The molecule has 3 heterocycles. The van der Waals surface area contributed by atoms with Gasteiger partial charge < -0.3 is 20.4 Å². The van der Waals surface area contributed by atoms with Gasteiger partial charge in [-0.05, 0) is 76.8 Å². The Labute approximate surface area is 228 Å². The average molecular weight is 536 g/mol. The summed E-state index contributed by atoms with van der Waals surface area (Å²) in [6.07, 6.45) is 1.98. The highest BCUT2D eigenvalue weighted by Gasteiger charge is 2.29. The Morgan fingerprint density at radius 2 is 1.84 bits per heavy atom. The van der Waals surface area contributed by atoms with E-state index in [0.29, 0.717) is 5.16 Å². The summed E-state index contributed by atoms with van der Waals surface area (Å²) in [5, 5.41) is 14.4. The normalized spacial score (nSPS) is 16.2. The molecule has 0 unspecified atom stereocenters. The maximum Gasteiger partial charge on any atom is 0.227 e. The number of amides is 1. The summed E-state index contributed by atoms with van der Waals surface area (Å²) in [7, 11) is 4.24. The number of nitrogens with one attached hydrogen (secondary N) is 3. The van der Waals surface area contributed by atoms with Crippen LogP contribution in [0, 0.1) is 19.8 Å². The van der Waals surface area contributed by atoms with E-state index in [2.05, 4.69) is 56.5 Å². The number of hydrogen-bond acceptors (Lipinski definition) is 9. The topological polar surface area (TPSA) is 105 Å². The molecule has 2 aromatic heterocycles. The van der Waals surface area contributed by atoms with E-state index in [4.69, 9.17) is 9.97 Å². The van der Waals surface area contributed by atoms with E-state index in [-0.39, 0.29) is 11.8 Å². The molecule has 202 valence electrons. The highest BCUT2D eigenvalue weighted by Crippen LogP contribution is 2.34. The van der Waals surface area contributed by atoms with Gasteiger partial charge in [-0.25, -0.2) is 9.97 Å². The second kappa shape index (κ2) is 11.7. The fraction of sp³-hybridized carbons (Fsp3) is 0.481. The molecule has 2 fully saturated rings. The van der Waals surface area contributed by atoms with Crippen LogP contribution in [0.4, 0.5) is 23.1 Å². The number of carbonyl (C=O) groups excluding carboxylic acids is 1. The number of hydrogen-bond donors (Lipinski definition) is 3. The number of anilines is 4. The van der Waals surface area contributed by atoms with Crippen molar-refractivity contribution < 1.29 is 4.79 Å². The number of nitrogens with zero attached hydrogens (tertiary/aromatic N) is 6. The summed E-state index contributed by atoms with van der Waals surface area (Å²) in [5.74, 6) is 2.74. The zero-order chi connectivity index (χ0) is 26.6. The van der Waals surface area contributed by atoms with Gasteiger partial charge in [-0.1, -0.05) is 0 Å². The van der Waals surface area contributed by atoms with Crippen molar-refractivity contribution >= 4 is 40.8 Å². The summed E-state index contributed by atoms with van der Waals surface area (Å²) in [5.41, 5.74) is 2.81. The van der Waals surface area contributed by atoms with E-state index in [0.717, 1.165) is 91.4 Å². The first-order chi connectivity index (χ1) is 18.3. The zero-order valence-corrected chi connectivity index (χ0v) is 23.4. The Balaban J connectivity index is 1.34. The Morgan fingerprint density at radius 3 is 2.47 bits per heavy atom. The van der Waals surface area contributed by atoms with E-state index in [1.54, 1.807) is 0 Å². The van der Waals surface area contributed by atoms with Crippen molar-refractivity contribution in [2.75, 3.05) is 68.9 Å². The van der Waals surface area contributed by atoms with Gasteiger partial charge in [0.25, 0.3) is 0 Å². The van der Waals surface area contributed by atoms with Crippen molar-refractivity contribution in [1.82, 2.24) is 30.0 Å². The van der Waals surface area contributed by atoms with Crippen LogP contribution in [-0.4, -0.2) is 89.2 Å². The lowest BCUT2D eigenvalue weighted by molar-refractivity contribution is -0.117. The number of H-pyrrole nitrogens is 1. The molecule has 1 amide bonds. The number of aromatic nitrogens is 4. The summed E-state index contributed by atoms with van der Waals surface area (Å²) in [4.78, 5) is 30.1. The molecule has 1 aliphatic heterocycles. The van der Waals surface area contributed by atoms with Crippen LogP contribution >= 0.6 is 11.8 Å². The number of carbonyl (C=O) groups is 1. The molecule has 1 saturated carbocycles. The lowest BCUT2D eigenvalue weighted by Crippen LogP contribution is -2.48. The molecule has 2 aliphatic rings. The van der Waals surface area contributed by atoms with E-state index in [1.165, 1.54) is 11.8 Å². The molecule has 1 aromatic carbocycles. The molecule has 0 spiro atoms. The van der Waals surface area contributed by atoms with Gasteiger partial charge in [0.15, 0.2) is 11.0 Å². The van der Waals surface area contributed by atoms with E-state index >= 15 is 0 Å². The van der Waals surface area contributed by atoms with Crippen LogP contribution < -0.4 is 15.5 Å². The van der Waals surface area contributed by atoms with Gasteiger partial charge in [-0.2, -0.15) is 5.10 Å². The molecule has 1 aliphatic carbocycles. The summed E-state index contributed by atoms with van der Waals surface area (Å²) in [6.45, 7) is 10.0. The fourth-order valence-electron chi connectivity index (χ4n) is 4.39. The van der Waals surface area contributed by atoms with Crippen molar-refractivity contribution in [3.63, 3.8) is 0 Å². The Bertz CT molecular complexity index is 1250. The van der Waals surface area contributed by atoms with Gasteiger partial charge in [0.1, 0.15) is 11.6 Å². The molecule has 1 saturated heterocycles. The average Bonchev–Trinajstić information content (AvgIpc) is 3.68. The maximum absolute atomic E-state index is 12.1. The van der Waals surface area contributed by atoms with Crippen LogP contribution in [0.2, 0.25) is 0 Å². The minimum Gasteiger partial charge on any atom is -0.354 e. The van der Waals surface area contributed by atoms with Gasteiger partial charge in [-0.15, -0.1) is 0 Å².